The smallest absolute Gasteiger partial charge is 0.100 e. The Labute approximate surface area is 62.2 Å². The summed E-state index contributed by atoms with van der Waals surface area (Å²) in [7, 11) is 0. The van der Waals surface area contributed by atoms with Crippen LogP contribution < -0.4 is 0 Å². The molecule has 0 saturated carbocycles. The fraction of sp³-hybridized carbons (Fsp3) is 0.750. The van der Waals surface area contributed by atoms with Crippen molar-refractivity contribution in [3.63, 3.8) is 0 Å². The van der Waals surface area contributed by atoms with Crippen molar-refractivity contribution in [3.05, 3.63) is 11.6 Å². The van der Waals surface area contributed by atoms with Gasteiger partial charge in [0.25, 0.3) is 0 Å². The normalized spacial score (nSPS) is 14.6. The van der Waals surface area contributed by atoms with Crippen LogP contribution in [0.15, 0.2) is 11.6 Å². The van der Waals surface area contributed by atoms with Gasteiger partial charge < -0.3 is 10.2 Å². The first-order chi connectivity index (χ1) is 4.34. The second-order valence-electron chi connectivity index (χ2n) is 3.34. The Balaban J connectivity index is 4.11. The maximum atomic E-state index is 9.24. The molecule has 0 spiro atoms. The van der Waals surface area contributed by atoms with E-state index in [0.29, 0.717) is 0 Å². The fourth-order valence-electron chi connectivity index (χ4n) is 0.520. The van der Waals surface area contributed by atoms with E-state index in [1.807, 2.05) is 13.8 Å². The SMILES string of the molecule is CC(C)=C[C@@H](O)C(C)(C)O. The van der Waals surface area contributed by atoms with Gasteiger partial charge in [-0.2, -0.15) is 0 Å². The van der Waals surface area contributed by atoms with Crippen LogP contribution in [0, 0.1) is 0 Å². The first kappa shape index (κ1) is 9.66. The number of allylic oxidation sites excluding steroid dienone is 1. The summed E-state index contributed by atoms with van der Waals surface area (Å²) in [6.45, 7) is 6.93. The minimum atomic E-state index is -1.03. The average Bonchev–Trinajstić information content (AvgIpc) is 1.60. The predicted octanol–water partition coefficient (Wildman–Crippen LogP) is 1.08. The predicted molar refractivity (Wildman–Crippen MR) is 41.7 cm³/mol. The summed E-state index contributed by atoms with van der Waals surface area (Å²) in [6, 6.07) is 0. The van der Waals surface area contributed by atoms with Gasteiger partial charge in [0.05, 0.1) is 5.60 Å². The van der Waals surface area contributed by atoms with Crippen LogP contribution in [0.4, 0.5) is 0 Å². The molecule has 0 radical (unpaired) electrons. The van der Waals surface area contributed by atoms with Crippen molar-refractivity contribution in [1.29, 1.82) is 0 Å². The van der Waals surface area contributed by atoms with E-state index in [1.165, 1.54) is 0 Å². The van der Waals surface area contributed by atoms with Crippen LogP contribution in [-0.2, 0) is 0 Å². The van der Waals surface area contributed by atoms with E-state index >= 15 is 0 Å². The Morgan fingerprint density at radius 3 is 1.90 bits per heavy atom. The van der Waals surface area contributed by atoms with Crippen molar-refractivity contribution >= 4 is 0 Å². The molecule has 0 saturated heterocycles. The van der Waals surface area contributed by atoms with Crippen molar-refractivity contribution in [2.24, 2.45) is 0 Å². The highest BCUT2D eigenvalue weighted by atomic mass is 16.3. The number of aliphatic hydroxyl groups is 2. The Bertz CT molecular complexity index is 127. The molecule has 2 N–H and O–H groups in total. The average molecular weight is 144 g/mol. The van der Waals surface area contributed by atoms with Gasteiger partial charge in [-0.3, -0.25) is 0 Å². The van der Waals surface area contributed by atoms with E-state index < -0.39 is 11.7 Å². The summed E-state index contributed by atoms with van der Waals surface area (Å²) in [5.41, 5.74) is -0.0216. The summed E-state index contributed by atoms with van der Waals surface area (Å²) >= 11 is 0. The van der Waals surface area contributed by atoms with Crippen LogP contribution in [0.2, 0.25) is 0 Å². The van der Waals surface area contributed by atoms with Gasteiger partial charge in [-0.15, -0.1) is 0 Å². The number of rotatable bonds is 2. The quantitative estimate of drug-likeness (QED) is 0.569. The lowest BCUT2D eigenvalue weighted by Crippen LogP contribution is -2.34. The van der Waals surface area contributed by atoms with Crippen molar-refractivity contribution in [3.8, 4) is 0 Å². The van der Waals surface area contributed by atoms with E-state index in [1.54, 1.807) is 19.9 Å². The van der Waals surface area contributed by atoms with E-state index in [0.717, 1.165) is 5.57 Å². The number of hydrogen-bond donors (Lipinski definition) is 2. The number of aliphatic hydroxyl groups excluding tert-OH is 1. The zero-order valence-electron chi connectivity index (χ0n) is 7.05. The molecule has 0 amide bonds. The minimum Gasteiger partial charge on any atom is -0.387 e. The van der Waals surface area contributed by atoms with Crippen LogP contribution >= 0.6 is 0 Å². The summed E-state index contributed by atoms with van der Waals surface area (Å²) in [4.78, 5) is 0. The Hall–Kier alpha value is -0.340. The van der Waals surface area contributed by atoms with Crippen molar-refractivity contribution in [1.82, 2.24) is 0 Å². The minimum absolute atomic E-state index is 0.766. The standard InChI is InChI=1S/C8H16O2/c1-6(2)5-7(9)8(3,4)10/h5,7,9-10H,1-4H3/t7-/m1/s1. The molecule has 60 valence electrons. The molecule has 2 heteroatoms. The molecule has 0 heterocycles. The highest BCUT2D eigenvalue weighted by Crippen LogP contribution is 2.10. The third-order valence-electron chi connectivity index (χ3n) is 1.22. The van der Waals surface area contributed by atoms with Gasteiger partial charge in [0, 0.05) is 0 Å². The molecule has 1 atom stereocenters. The molecule has 0 fully saturated rings. The van der Waals surface area contributed by atoms with Crippen LogP contribution in [0.3, 0.4) is 0 Å². The lowest BCUT2D eigenvalue weighted by atomic mass is 10.0. The Kier molecular flexibility index (Phi) is 3.06. The molecular formula is C8H16O2. The zero-order valence-corrected chi connectivity index (χ0v) is 7.05. The maximum Gasteiger partial charge on any atom is 0.100 e. The molecule has 0 aromatic carbocycles. The highest BCUT2D eigenvalue weighted by Gasteiger charge is 2.21. The van der Waals surface area contributed by atoms with Crippen LogP contribution in [0.25, 0.3) is 0 Å². The summed E-state index contributed by atoms with van der Waals surface area (Å²) in [6.07, 6.45) is 0.873. The topological polar surface area (TPSA) is 40.5 Å². The van der Waals surface area contributed by atoms with Crippen LogP contribution in [0.5, 0.6) is 0 Å². The van der Waals surface area contributed by atoms with Gasteiger partial charge in [-0.25, -0.2) is 0 Å². The van der Waals surface area contributed by atoms with Gasteiger partial charge in [0.1, 0.15) is 6.10 Å². The number of hydrogen-bond acceptors (Lipinski definition) is 2. The molecule has 0 aliphatic rings. The van der Waals surface area contributed by atoms with Crippen molar-refractivity contribution < 1.29 is 10.2 Å². The van der Waals surface area contributed by atoms with Gasteiger partial charge in [-0.1, -0.05) is 11.6 Å². The van der Waals surface area contributed by atoms with E-state index in [4.69, 9.17) is 0 Å². The van der Waals surface area contributed by atoms with Crippen molar-refractivity contribution in [2.45, 2.75) is 39.4 Å². The molecule has 0 aromatic heterocycles. The molecule has 0 unspecified atom stereocenters. The third-order valence-corrected chi connectivity index (χ3v) is 1.22. The summed E-state index contributed by atoms with van der Waals surface area (Å²) in [5, 5.41) is 18.5. The van der Waals surface area contributed by atoms with Gasteiger partial charge in [0.15, 0.2) is 0 Å². The van der Waals surface area contributed by atoms with Crippen LogP contribution in [-0.4, -0.2) is 21.9 Å². The van der Waals surface area contributed by atoms with Gasteiger partial charge in [-0.05, 0) is 27.7 Å². The molecular weight excluding hydrogens is 128 g/mol. The molecule has 0 bridgehead atoms. The molecule has 0 aliphatic carbocycles. The third kappa shape index (κ3) is 3.64. The lowest BCUT2D eigenvalue weighted by molar-refractivity contribution is -0.0229. The Morgan fingerprint density at radius 2 is 1.80 bits per heavy atom. The fourth-order valence-corrected chi connectivity index (χ4v) is 0.520. The molecule has 2 nitrogen and oxygen atoms in total. The summed E-state index contributed by atoms with van der Waals surface area (Å²) in [5.74, 6) is 0. The summed E-state index contributed by atoms with van der Waals surface area (Å²) < 4.78 is 0. The maximum absolute atomic E-state index is 9.24. The van der Waals surface area contributed by atoms with E-state index in [2.05, 4.69) is 0 Å². The second kappa shape index (κ2) is 3.17. The van der Waals surface area contributed by atoms with Gasteiger partial charge >= 0.3 is 0 Å². The first-order valence-corrected chi connectivity index (χ1v) is 3.39. The highest BCUT2D eigenvalue weighted by molar-refractivity contribution is 5.02. The van der Waals surface area contributed by atoms with Crippen LogP contribution in [0.1, 0.15) is 27.7 Å². The second-order valence-corrected chi connectivity index (χ2v) is 3.34. The van der Waals surface area contributed by atoms with Crippen molar-refractivity contribution in [2.75, 3.05) is 0 Å². The molecule has 10 heavy (non-hydrogen) atoms. The van der Waals surface area contributed by atoms with E-state index in [-0.39, 0.29) is 0 Å². The van der Waals surface area contributed by atoms with E-state index in [9.17, 15) is 10.2 Å². The monoisotopic (exact) mass is 144 g/mol. The van der Waals surface area contributed by atoms with Gasteiger partial charge in [0.2, 0.25) is 0 Å². The largest absolute Gasteiger partial charge is 0.387 e. The molecule has 0 rings (SSSR count). The first-order valence-electron chi connectivity index (χ1n) is 3.39. The Morgan fingerprint density at radius 1 is 1.40 bits per heavy atom. The lowest BCUT2D eigenvalue weighted by Gasteiger charge is -2.21. The molecule has 0 aliphatic heterocycles. The molecule has 0 aromatic rings. The zero-order chi connectivity index (χ0) is 8.36.